The fourth-order valence-electron chi connectivity index (χ4n) is 2.06. The first-order valence-electron chi connectivity index (χ1n) is 5.64. The Hall–Kier alpha value is -2.28. The second kappa shape index (κ2) is 3.95. The van der Waals surface area contributed by atoms with E-state index in [0.29, 0.717) is 5.75 Å². The molecule has 1 nitrogen and oxygen atoms in total. The predicted molar refractivity (Wildman–Crippen MR) is 72.4 cm³/mol. The van der Waals surface area contributed by atoms with E-state index in [1.165, 1.54) is 16.5 Å². The first-order chi connectivity index (χ1) is 8.33. The summed E-state index contributed by atoms with van der Waals surface area (Å²) in [4.78, 5) is 0. The summed E-state index contributed by atoms with van der Waals surface area (Å²) < 4.78 is 0. The van der Waals surface area contributed by atoms with Crippen LogP contribution < -0.4 is 0 Å². The third kappa shape index (κ3) is 1.87. The summed E-state index contributed by atoms with van der Waals surface area (Å²) in [6, 6.07) is 22.4. The Morgan fingerprint density at radius 3 is 2.12 bits per heavy atom. The molecular formula is C16H13O+. The molecule has 0 saturated heterocycles. The van der Waals surface area contributed by atoms with Crippen LogP contribution in [-0.4, -0.2) is 5.11 Å². The number of hydrogen-bond acceptors (Lipinski definition) is 0. The molecule has 0 unspecified atom stereocenters. The van der Waals surface area contributed by atoms with Gasteiger partial charge >= 0.3 is 0 Å². The summed E-state index contributed by atoms with van der Waals surface area (Å²) >= 11 is 0. The van der Waals surface area contributed by atoms with E-state index in [1.54, 1.807) is 0 Å². The molecule has 0 heterocycles. The van der Waals surface area contributed by atoms with Gasteiger partial charge in [-0.2, -0.15) is 0 Å². The van der Waals surface area contributed by atoms with Gasteiger partial charge in [0.1, 0.15) is 0 Å². The van der Waals surface area contributed by atoms with Crippen LogP contribution in [0.4, 0.5) is 0 Å². The Labute approximate surface area is 100.0 Å². The summed E-state index contributed by atoms with van der Waals surface area (Å²) in [6.45, 7) is 0. The van der Waals surface area contributed by atoms with Crippen LogP contribution >= 0.6 is 0 Å². The molecular weight excluding hydrogens is 208 g/mol. The lowest BCUT2D eigenvalue weighted by Crippen LogP contribution is -1.78. The quantitative estimate of drug-likeness (QED) is 0.555. The highest BCUT2D eigenvalue weighted by Crippen LogP contribution is 2.26. The molecule has 0 aliphatic carbocycles. The van der Waals surface area contributed by atoms with Gasteiger partial charge in [0.15, 0.2) is 0 Å². The Balaban J connectivity index is 2.17. The van der Waals surface area contributed by atoms with E-state index in [-0.39, 0.29) is 0 Å². The molecule has 0 aromatic heterocycles. The van der Waals surface area contributed by atoms with Crippen molar-refractivity contribution in [2.45, 2.75) is 0 Å². The second-order valence-electron chi connectivity index (χ2n) is 4.14. The van der Waals surface area contributed by atoms with E-state index >= 15 is 0 Å². The highest BCUT2D eigenvalue weighted by molar-refractivity contribution is 5.88. The molecule has 17 heavy (non-hydrogen) atoms. The van der Waals surface area contributed by atoms with Crippen LogP contribution in [0.2, 0.25) is 0 Å². The van der Waals surface area contributed by atoms with Crippen molar-refractivity contribution in [3.63, 3.8) is 0 Å². The SMILES string of the molecule is [OH2+]c1ccc2cc(-c3ccccc3)ccc2c1. The van der Waals surface area contributed by atoms with Crippen LogP contribution in [0.5, 0.6) is 5.75 Å². The molecule has 0 spiro atoms. The smallest absolute Gasteiger partial charge is 0.254 e. The van der Waals surface area contributed by atoms with Crippen LogP contribution in [0.25, 0.3) is 21.9 Å². The molecule has 0 radical (unpaired) electrons. The maximum absolute atomic E-state index is 7.59. The molecule has 1 heteroatoms. The van der Waals surface area contributed by atoms with Gasteiger partial charge in [-0.25, -0.2) is 0 Å². The highest BCUT2D eigenvalue weighted by Gasteiger charge is 2.01. The van der Waals surface area contributed by atoms with Crippen LogP contribution in [0.1, 0.15) is 0 Å². The zero-order valence-corrected chi connectivity index (χ0v) is 9.35. The Morgan fingerprint density at radius 1 is 0.588 bits per heavy atom. The molecule has 0 saturated carbocycles. The zero-order chi connectivity index (χ0) is 11.7. The highest BCUT2D eigenvalue weighted by atomic mass is 16.3. The van der Waals surface area contributed by atoms with Gasteiger partial charge in [0, 0.05) is 12.1 Å². The first kappa shape index (κ1) is 9.91. The van der Waals surface area contributed by atoms with Gasteiger partial charge in [-0.15, -0.1) is 0 Å². The fourth-order valence-corrected chi connectivity index (χ4v) is 2.06. The standard InChI is InChI=1S/C16H12O/c17-16-9-8-14-10-13(6-7-15(14)11-16)12-4-2-1-3-5-12/h1-11,17H/p+1. The first-order valence-corrected chi connectivity index (χ1v) is 5.64. The van der Waals surface area contributed by atoms with Crippen molar-refractivity contribution in [1.82, 2.24) is 0 Å². The second-order valence-corrected chi connectivity index (χ2v) is 4.14. The minimum atomic E-state index is 0.560. The van der Waals surface area contributed by atoms with Gasteiger partial charge in [0.2, 0.25) is 0 Å². The largest absolute Gasteiger partial charge is 0.593 e. The third-order valence-electron chi connectivity index (χ3n) is 2.95. The van der Waals surface area contributed by atoms with Gasteiger partial charge in [-0.05, 0) is 34.0 Å². The molecule has 0 bridgehead atoms. The summed E-state index contributed by atoms with van der Waals surface area (Å²) in [5.41, 5.74) is 2.44. The van der Waals surface area contributed by atoms with E-state index in [1.807, 2.05) is 36.4 Å². The van der Waals surface area contributed by atoms with Gasteiger partial charge in [0.05, 0.1) is 0 Å². The van der Waals surface area contributed by atoms with Crippen LogP contribution in [0.15, 0.2) is 66.7 Å². The fraction of sp³-hybridized carbons (Fsp3) is 0. The van der Waals surface area contributed by atoms with E-state index in [4.69, 9.17) is 5.11 Å². The predicted octanol–water partition coefficient (Wildman–Crippen LogP) is 3.94. The molecule has 0 aliphatic rings. The number of benzene rings is 3. The van der Waals surface area contributed by atoms with Crippen molar-refractivity contribution in [2.75, 3.05) is 0 Å². The van der Waals surface area contributed by atoms with Crippen molar-refractivity contribution in [3.05, 3.63) is 66.7 Å². The van der Waals surface area contributed by atoms with Crippen molar-refractivity contribution in [2.24, 2.45) is 0 Å². The molecule has 0 fully saturated rings. The summed E-state index contributed by atoms with van der Waals surface area (Å²) in [5, 5.41) is 9.90. The maximum Gasteiger partial charge on any atom is 0.254 e. The minimum Gasteiger partial charge on any atom is -0.593 e. The number of rotatable bonds is 1. The Kier molecular flexibility index (Phi) is 2.30. The maximum atomic E-state index is 7.59. The summed E-state index contributed by atoms with van der Waals surface area (Å²) in [5.74, 6) is 0.560. The molecule has 0 amide bonds. The average Bonchev–Trinajstić information content (AvgIpc) is 2.39. The van der Waals surface area contributed by atoms with Crippen LogP contribution in [0, 0.1) is 0 Å². The van der Waals surface area contributed by atoms with E-state index < -0.39 is 0 Å². The lowest BCUT2D eigenvalue weighted by molar-refractivity contribution is 0.476. The Bertz CT molecular complexity index is 657. The van der Waals surface area contributed by atoms with E-state index in [9.17, 15) is 0 Å². The van der Waals surface area contributed by atoms with Crippen molar-refractivity contribution >= 4 is 10.8 Å². The van der Waals surface area contributed by atoms with Gasteiger partial charge in [-0.3, -0.25) is 0 Å². The Morgan fingerprint density at radius 2 is 1.29 bits per heavy atom. The summed E-state index contributed by atoms with van der Waals surface area (Å²) in [6.07, 6.45) is 0. The van der Waals surface area contributed by atoms with Crippen LogP contribution in [0.3, 0.4) is 0 Å². The molecule has 3 aromatic carbocycles. The molecule has 82 valence electrons. The monoisotopic (exact) mass is 221 g/mol. The van der Waals surface area contributed by atoms with Crippen molar-refractivity contribution in [3.8, 4) is 16.9 Å². The zero-order valence-electron chi connectivity index (χ0n) is 9.35. The normalized spacial score (nSPS) is 10.6. The molecule has 2 N–H and O–H groups in total. The van der Waals surface area contributed by atoms with Crippen molar-refractivity contribution < 1.29 is 5.11 Å². The lowest BCUT2D eigenvalue weighted by atomic mass is 10.0. The van der Waals surface area contributed by atoms with Gasteiger partial charge in [-0.1, -0.05) is 42.5 Å². The van der Waals surface area contributed by atoms with Crippen molar-refractivity contribution in [1.29, 1.82) is 0 Å². The van der Waals surface area contributed by atoms with Crippen LogP contribution in [-0.2, 0) is 0 Å². The van der Waals surface area contributed by atoms with Gasteiger partial charge < -0.3 is 5.11 Å². The van der Waals surface area contributed by atoms with Gasteiger partial charge in [0.25, 0.3) is 5.75 Å². The lowest BCUT2D eigenvalue weighted by Gasteiger charge is -2.03. The molecule has 0 aliphatic heterocycles. The minimum absolute atomic E-state index is 0.560. The van der Waals surface area contributed by atoms with E-state index in [0.717, 1.165) is 5.39 Å². The third-order valence-corrected chi connectivity index (χ3v) is 2.95. The topological polar surface area (TPSA) is 22.9 Å². The molecule has 3 aromatic rings. The summed E-state index contributed by atoms with van der Waals surface area (Å²) in [7, 11) is 0. The average molecular weight is 221 g/mol. The number of fused-ring (bicyclic) bond motifs is 1. The van der Waals surface area contributed by atoms with E-state index in [2.05, 4.69) is 30.3 Å². The number of hydrogen-bond donors (Lipinski definition) is 0. The molecule has 0 atom stereocenters. The molecule has 3 rings (SSSR count).